The predicted octanol–water partition coefficient (Wildman–Crippen LogP) is 4.55. The molecule has 3 rings (SSSR count). The number of rotatable bonds is 8. The number of amides is 1. The summed E-state index contributed by atoms with van der Waals surface area (Å²) in [5.41, 5.74) is 8.09. The maximum absolute atomic E-state index is 12.2. The standard InChI is InChI=1S/C22H23N5OS/c1-4-12-27(3)21-18(25-2)17(14-10-11-14)16(13-23)22(26-21)29-19(20(24)28)15-8-6-5-7-9-15/h5-9,14,19H,4,10-12H2,1,3H3,(H2,24,28). The topological polar surface area (TPSA) is 87.4 Å². The van der Waals surface area contributed by atoms with Crippen molar-refractivity contribution in [3.05, 3.63) is 58.4 Å². The number of hydrogen-bond acceptors (Lipinski definition) is 5. The fourth-order valence-corrected chi connectivity index (χ4v) is 4.41. The van der Waals surface area contributed by atoms with Crippen LogP contribution in [-0.2, 0) is 4.79 Å². The molecule has 1 aliphatic carbocycles. The number of nitriles is 1. The van der Waals surface area contributed by atoms with Gasteiger partial charge in [-0.2, -0.15) is 5.26 Å². The Bertz CT molecular complexity index is 989. The van der Waals surface area contributed by atoms with E-state index in [1.165, 1.54) is 11.8 Å². The van der Waals surface area contributed by atoms with Crippen LogP contribution in [0.1, 0.15) is 54.0 Å². The molecule has 1 aromatic heterocycles. The Hall–Kier alpha value is -3.03. The fraction of sp³-hybridized carbons (Fsp3) is 0.364. The van der Waals surface area contributed by atoms with Gasteiger partial charge in [-0.1, -0.05) is 49.0 Å². The van der Waals surface area contributed by atoms with Gasteiger partial charge in [0.05, 0.1) is 12.1 Å². The van der Waals surface area contributed by atoms with Crippen LogP contribution >= 0.6 is 11.8 Å². The van der Waals surface area contributed by atoms with E-state index in [9.17, 15) is 10.1 Å². The predicted molar refractivity (Wildman–Crippen MR) is 115 cm³/mol. The highest BCUT2D eigenvalue weighted by molar-refractivity contribution is 8.00. The summed E-state index contributed by atoms with van der Waals surface area (Å²) in [6, 6.07) is 11.5. The molecular formula is C22H23N5OS. The zero-order chi connectivity index (χ0) is 21.0. The third-order valence-electron chi connectivity index (χ3n) is 4.88. The van der Waals surface area contributed by atoms with Crippen LogP contribution in [0.3, 0.4) is 0 Å². The van der Waals surface area contributed by atoms with Crippen molar-refractivity contribution in [1.29, 1.82) is 5.26 Å². The van der Waals surface area contributed by atoms with Gasteiger partial charge in [0, 0.05) is 13.6 Å². The van der Waals surface area contributed by atoms with Gasteiger partial charge in [0.2, 0.25) is 11.6 Å². The molecule has 0 aliphatic heterocycles. The lowest BCUT2D eigenvalue weighted by Gasteiger charge is -2.23. The molecule has 2 N–H and O–H groups in total. The number of primary amides is 1. The highest BCUT2D eigenvalue weighted by Crippen LogP contribution is 2.51. The van der Waals surface area contributed by atoms with Gasteiger partial charge >= 0.3 is 0 Å². The molecule has 1 aliphatic rings. The van der Waals surface area contributed by atoms with Crippen LogP contribution in [0.4, 0.5) is 11.5 Å². The number of anilines is 1. The maximum atomic E-state index is 12.2. The summed E-state index contributed by atoms with van der Waals surface area (Å²) in [4.78, 5) is 22.6. The normalized spacial score (nSPS) is 13.9. The van der Waals surface area contributed by atoms with Crippen molar-refractivity contribution in [2.75, 3.05) is 18.5 Å². The second-order valence-corrected chi connectivity index (χ2v) is 8.20. The van der Waals surface area contributed by atoms with Gasteiger partial charge < -0.3 is 10.6 Å². The van der Waals surface area contributed by atoms with E-state index in [-0.39, 0.29) is 5.92 Å². The van der Waals surface area contributed by atoms with E-state index in [4.69, 9.17) is 17.3 Å². The average Bonchev–Trinajstić information content (AvgIpc) is 3.56. The Morgan fingerprint density at radius 1 is 1.45 bits per heavy atom. The van der Waals surface area contributed by atoms with Gasteiger partial charge in [-0.15, -0.1) is 0 Å². The van der Waals surface area contributed by atoms with Crippen molar-refractivity contribution < 1.29 is 4.79 Å². The van der Waals surface area contributed by atoms with E-state index in [1.807, 2.05) is 42.3 Å². The van der Waals surface area contributed by atoms with Crippen molar-refractivity contribution in [3.8, 4) is 6.07 Å². The van der Waals surface area contributed by atoms with Gasteiger partial charge in [-0.3, -0.25) is 4.79 Å². The third kappa shape index (κ3) is 4.36. The van der Waals surface area contributed by atoms with E-state index in [1.54, 1.807) is 0 Å². The first kappa shape index (κ1) is 20.7. The molecule has 1 aromatic carbocycles. The number of benzene rings is 1. The van der Waals surface area contributed by atoms with Crippen LogP contribution in [0.2, 0.25) is 0 Å². The van der Waals surface area contributed by atoms with Crippen molar-refractivity contribution in [1.82, 2.24) is 4.98 Å². The van der Waals surface area contributed by atoms with Gasteiger partial charge in [0.25, 0.3) is 0 Å². The molecule has 1 heterocycles. The number of aromatic nitrogens is 1. The van der Waals surface area contributed by atoms with Gasteiger partial charge in [-0.05, 0) is 36.3 Å². The number of nitrogens with two attached hydrogens (primary N) is 1. The Kier molecular flexibility index (Phi) is 6.41. The molecule has 0 radical (unpaired) electrons. The summed E-state index contributed by atoms with van der Waals surface area (Å²) in [7, 11) is 1.90. The molecule has 0 saturated heterocycles. The van der Waals surface area contributed by atoms with Crippen LogP contribution in [0.25, 0.3) is 4.85 Å². The molecule has 6 nitrogen and oxygen atoms in total. The highest BCUT2D eigenvalue weighted by Gasteiger charge is 2.34. The van der Waals surface area contributed by atoms with Crippen molar-refractivity contribution >= 4 is 29.2 Å². The average molecular weight is 406 g/mol. The minimum Gasteiger partial charge on any atom is -0.368 e. The summed E-state index contributed by atoms with van der Waals surface area (Å²) in [5, 5.41) is 9.72. The van der Waals surface area contributed by atoms with Crippen molar-refractivity contribution in [3.63, 3.8) is 0 Å². The first-order valence-electron chi connectivity index (χ1n) is 9.59. The molecule has 29 heavy (non-hydrogen) atoms. The second-order valence-electron chi connectivity index (χ2n) is 7.11. The van der Waals surface area contributed by atoms with E-state index in [0.717, 1.165) is 36.9 Å². The molecule has 148 valence electrons. The SMILES string of the molecule is [C-]#[N+]c1c(N(C)CCC)nc(SC(C(N)=O)c2ccccc2)c(C#N)c1C1CC1. The van der Waals surface area contributed by atoms with E-state index in [2.05, 4.69) is 17.8 Å². The first-order chi connectivity index (χ1) is 14.0. The Balaban J connectivity index is 2.16. The molecule has 0 spiro atoms. The Morgan fingerprint density at radius 2 is 2.14 bits per heavy atom. The smallest absolute Gasteiger partial charge is 0.235 e. The van der Waals surface area contributed by atoms with Crippen molar-refractivity contribution in [2.45, 2.75) is 42.4 Å². The number of carbonyl (C=O) groups is 1. The number of hydrogen-bond donors (Lipinski definition) is 1. The lowest BCUT2D eigenvalue weighted by atomic mass is 10.0. The lowest BCUT2D eigenvalue weighted by Crippen LogP contribution is -2.21. The molecule has 1 unspecified atom stereocenters. The zero-order valence-corrected chi connectivity index (χ0v) is 17.4. The highest BCUT2D eigenvalue weighted by atomic mass is 32.2. The van der Waals surface area contributed by atoms with E-state index in [0.29, 0.717) is 22.1 Å². The van der Waals surface area contributed by atoms with Gasteiger partial charge in [-0.25, -0.2) is 9.83 Å². The van der Waals surface area contributed by atoms with Crippen LogP contribution in [0.5, 0.6) is 0 Å². The maximum Gasteiger partial charge on any atom is 0.235 e. The fourth-order valence-electron chi connectivity index (χ4n) is 3.37. The largest absolute Gasteiger partial charge is 0.368 e. The molecule has 0 bridgehead atoms. The second kappa shape index (κ2) is 8.98. The summed E-state index contributed by atoms with van der Waals surface area (Å²) in [5.74, 6) is 0.285. The monoisotopic (exact) mass is 405 g/mol. The van der Waals surface area contributed by atoms with Crippen LogP contribution in [0.15, 0.2) is 35.4 Å². The third-order valence-corrected chi connectivity index (χ3v) is 6.14. The minimum absolute atomic E-state index is 0.202. The molecule has 2 aromatic rings. The summed E-state index contributed by atoms with van der Waals surface area (Å²) < 4.78 is 0. The van der Waals surface area contributed by atoms with Crippen LogP contribution < -0.4 is 10.6 Å². The first-order valence-corrected chi connectivity index (χ1v) is 10.5. The Morgan fingerprint density at radius 3 is 2.66 bits per heavy atom. The molecule has 1 atom stereocenters. The number of carbonyl (C=O) groups excluding carboxylic acids is 1. The number of nitrogens with zero attached hydrogens (tertiary/aromatic N) is 4. The summed E-state index contributed by atoms with van der Waals surface area (Å²) >= 11 is 1.19. The van der Waals surface area contributed by atoms with E-state index >= 15 is 0 Å². The number of thioether (sulfide) groups is 1. The minimum atomic E-state index is -0.661. The van der Waals surface area contributed by atoms with Gasteiger partial charge in [0.1, 0.15) is 22.2 Å². The summed E-state index contributed by atoms with van der Waals surface area (Å²) in [6.45, 7) is 10.5. The lowest BCUT2D eigenvalue weighted by molar-refractivity contribution is -0.117. The quantitative estimate of drug-likeness (QED) is 0.514. The van der Waals surface area contributed by atoms with Crippen molar-refractivity contribution in [2.24, 2.45) is 5.73 Å². The van der Waals surface area contributed by atoms with Crippen LogP contribution in [-0.4, -0.2) is 24.5 Å². The summed E-state index contributed by atoms with van der Waals surface area (Å²) in [6.07, 6.45) is 2.82. The Labute approximate surface area is 175 Å². The molecule has 1 amide bonds. The molecule has 7 heteroatoms. The number of pyridine rings is 1. The molecule has 1 saturated carbocycles. The zero-order valence-electron chi connectivity index (χ0n) is 16.6. The van der Waals surface area contributed by atoms with Gasteiger partial charge in [0.15, 0.2) is 0 Å². The van der Waals surface area contributed by atoms with E-state index < -0.39 is 11.2 Å². The molecule has 1 fully saturated rings. The van der Waals surface area contributed by atoms with Crippen LogP contribution in [0, 0.1) is 17.9 Å². The molecular weight excluding hydrogens is 382 g/mol.